The summed E-state index contributed by atoms with van der Waals surface area (Å²) in [6, 6.07) is 11.1. The minimum absolute atomic E-state index is 0.148. The highest BCUT2D eigenvalue weighted by molar-refractivity contribution is 6.05. The molecule has 0 unspecified atom stereocenters. The molecule has 3 amide bonds. The Balaban J connectivity index is 1.63. The first-order valence-electron chi connectivity index (χ1n) is 15.4. The number of nitrogens with one attached hydrogen (secondary N) is 1. The summed E-state index contributed by atoms with van der Waals surface area (Å²) >= 11 is 0. The molecule has 0 radical (unpaired) electrons. The number of aliphatic hydroxyl groups is 1. The number of benzene rings is 1. The first-order valence-corrected chi connectivity index (χ1v) is 15.4. The van der Waals surface area contributed by atoms with Gasteiger partial charge in [-0.3, -0.25) is 24.4 Å². The third-order valence-electron chi connectivity index (χ3n) is 7.98. The number of aliphatic hydroxyl groups excluding tert-OH is 1. The molecule has 0 saturated carbocycles. The Kier molecular flexibility index (Phi) is 12.0. The first kappa shape index (κ1) is 33.5. The molecule has 11 heteroatoms. The topological polar surface area (TPSA) is 134 Å². The Hall–Kier alpha value is -4.35. The molecule has 0 fully saturated rings. The van der Waals surface area contributed by atoms with E-state index in [-0.39, 0.29) is 54.6 Å². The van der Waals surface area contributed by atoms with Gasteiger partial charge in [0.15, 0.2) is 0 Å². The average Bonchev–Trinajstić information content (AvgIpc) is 3.06. The van der Waals surface area contributed by atoms with Gasteiger partial charge in [-0.2, -0.15) is 0 Å². The van der Waals surface area contributed by atoms with Gasteiger partial charge in [-0.1, -0.05) is 6.92 Å². The number of aromatic nitrogens is 2. The molecule has 0 bridgehead atoms. The number of anilines is 1. The van der Waals surface area contributed by atoms with Crippen molar-refractivity contribution >= 4 is 23.4 Å². The molecule has 2 N–H and O–H groups in total. The van der Waals surface area contributed by atoms with Crippen molar-refractivity contribution in [1.29, 1.82) is 0 Å². The minimum Gasteiger partial charge on any atom is -0.490 e. The second-order valence-electron chi connectivity index (χ2n) is 11.6. The molecule has 2 aromatic heterocycles. The van der Waals surface area contributed by atoms with Crippen molar-refractivity contribution in [3.05, 3.63) is 83.9 Å². The standard InChI is InChI=1S/C34H43N5O6/c1-23-20-39(24(2)22-40)34(43)29-19-28(37-32(41)26-10-14-35-15-11-26)8-9-30(29)45-25(3)7-5-6-18-44-31(23)21-38(4)33(42)27-12-16-36-17-13-27/h8-17,19,23-25,31,40H,5-7,18,20-22H2,1-4H3,(H,37,41)/t23-,24+,25-,31-/m0/s1. The van der Waals surface area contributed by atoms with Crippen molar-refractivity contribution in [2.45, 2.75) is 58.3 Å². The maximum Gasteiger partial charge on any atom is 0.258 e. The second kappa shape index (κ2) is 16.1. The molecule has 11 nitrogen and oxygen atoms in total. The van der Waals surface area contributed by atoms with Crippen LogP contribution in [0, 0.1) is 5.92 Å². The van der Waals surface area contributed by atoms with Crippen LogP contribution in [0.2, 0.25) is 0 Å². The molecular weight excluding hydrogens is 574 g/mol. The highest BCUT2D eigenvalue weighted by Gasteiger charge is 2.31. The van der Waals surface area contributed by atoms with Crippen molar-refractivity contribution < 1.29 is 29.0 Å². The fourth-order valence-electron chi connectivity index (χ4n) is 5.24. The van der Waals surface area contributed by atoms with Gasteiger partial charge in [-0.15, -0.1) is 0 Å². The fourth-order valence-corrected chi connectivity index (χ4v) is 5.24. The van der Waals surface area contributed by atoms with Gasteiger partial charge in [0.1, 0.15) is 5.75 Å². The fraction of sp³-hybridized carbons (Fsp3) is 0.441. The number of pyridine rings is 2. The maximum absolute atomic E-state index is 14.3. The summed E-state index contributed by atoms with van der Waals surface area (Å²) in [5, 5.41) is 13.0. The summed E-state index contributed by atoms with van der Waals surface area (Å²) in [5.41, 5.74) is 1.68. The molecule has 4 rings (SSSR count). The zero-order chi connectivity index (χ0) is 32.3. The van der Waals surface area contributed by atoms with Gasteiger partial charge in [-0.05, 0) is 75.6 Å². The number of fused-ring (bicyclic) bond motifs is 1. The Morgan fingerprint density at radius 3 is 2.38 bits per heavy atom. The minimum atomic E-state index is -0.523. The molecule has 3 heterocycles. The SMILES string of the molecule is C[C@H](CO)N1C[C@H](C)[C@H](CN(C)C(=O)c2ccncc2)OCCCC[C@H](C)Oc2ccc(NC(=O)c3ccncc3)cc2C1=O. The van der Waals surface area contributed by atoms with Crippen molar-refractivity contribution in [2.75, 3.05) is 38.7 Å². The van der Waals surface area contributed by atoms with Crippen LogP contribution in [0.5, 0.6) is 5.75 Å². The number of carbonyl (C=O) groups excluding carboxylic acids is 3. The Morgan fingerprint density at radius 1 is 1.04 bits per heavy atom. The lowest BCUT2D eigenvalue weighted by Gasteiger charge is -2.36. The van der Waals surface area contributed by atoms with Crippen LogP contribution in [0.3, 0.4) is 0 Å². The molecular formula is C34H43N5O6. The van der Waals surface area contributed by atoms with Gasteiger partial charge in [0, 0.05) is 74.3 Å². The van der Waals surface area contributed by atoms with Gasteiger partial charge < -0.3 is 29.7 Å². The number of rotatable bonds is 7. The summed E-state index contributed by atoms with van der Waals surface area (Å²) in [4.78, 5) is 51.5. The van der Waals surface area contributed by atoms with E-state index >= 15 is 0 Å². The van der Waals surface area contributed by atoms with Crippen molar-refractivity contribution in [3.8, 4) is 5.75 Å². The van der Waals surface area contributed by atoms with Crippen LogP contribution in [0.1, 0.15) is 71.1 Å². The predicted octanol–water partition coefficient (Wildman–Crippen LogP) is 4.30. The normalized spacial score (nSPS) is 20.2. The third-order valence-corrected chi connectivity index (χ3v) is 7.98. The van der Waals surface area contributed by atoms with Crippen molar-refractivity contribution in [1.82, 2.24) is 19.8 Å². The van der Waals surface area contributed by atoms with Crippen LogP contribution in [-0.2, 0) is 4.74 Å². The zero-order valence-electron chi connectivity index (χ0n) is 26.4. The van der Waals surface area contributed by atoms with E-state index in [0.29, 0.717) is 35.7 Å². The van der Waals surface area contributed by atoms with Gasteiger partial charge in [-0.25, -0.2) is 0 Å². The summed E-state index contributed by atoms with van der Waals surface area (Å²) in [5.74, 6) is -0.617. The number of hydrogen-bond donors (Lipinski definition) is 2. The van der Waals surface area contributed by atoms with Crippen LogP contribution in [0.25, 0.3) is 0 Å². The number of carbonyl (C=O) groups is 3. The van der Waals surface area contributed by atoms with E-state index in [1.807, 2.05) is 13.8 Å². The van der Waals surface area contributed by atoms with Gasteiger partial charge in [0.05, 0.1) is 30.4 Å². The second-order valence-corrected chi connectivity index (χ2v) is 11.6. The molecule has 1 aliphatic heterocycles. The van der Waals surface area contributed by atoms with E-state index in [0.717, 1.165) is 19.3 Å². The highest BCUT2D eigenvalue weighted by Crippen LogP contribution is 2.29. The Labute approximate surface area is 264 Å². The van der Waals surface area contributed by atoms with Crippen molar-refractivity contribution in [2.24, 2.45) is 5.92 Å². The Bertz CT molecular complexity index is 1420. The van der Waals surface area contributed by atoms with Crippen LogP contribution < -0.4 is 10.1 Å². The van der Waals surface area contributed by atoms with Gasteiger partial charge in [0.25, 0.3) is 17.7 Å². The van der Waals surface area contributed by atoms with Crippen LogP contribution in [0.4, 0.5) is 5.69 Å². The highest BCUT2D eigenvalue weighted by atomic mass is 16.5. The summed E-state index contributed by atoms with van der Waals surface area (Å²) in [6.45, 7) is 6.54. The lowest BCUT2D eigenvalue weighted by molar-refractivity contribution is -0.0149. The van der Waals surface area contributed by atoms with E-state index in [1.165, 1.54) is 12.4 Å². The molecule has 4 atom stereocenters. The Morgan fingerprint density at radius 2 is 1.71 bits per heavy atom. The molecule has 45 heavy (non-hydrogen) atoms. The largest absolute Gasteiger partial charge is 0.490 e. The van der Waals surface area contributed by atoms with Crippen LogP contribution in [-0.4, -0.2) is 94.2 Å². The quantitative estimate of drug-likeness (QED) is 0.401. The third kappa shape index (κ3) is 9.09. The number of ether oxygens (including phenoxy) is 2. The van der Waals surface area contributed by atoms with Crippen LogP contribution >= 0.6 is 0 Å². The molecule has 0 aliphatic carbocycles. The van der Waals surface area contributed by atoms with E-state index in [4.69, 9.17) is 9.47 Å². The smallest absolute Gasteiger partial charge is 0.258 e. The first-order chi connectivity index (χ1) is 21.7. The number of amides is 3. The summed E-state index contributed by atoms with van der Waals surface area (Å²) in [7, 11) is 1.74. The summed E-state index contributed by atoms with van der Waals surface area (Å²) in [6.07, 6.45) is 8.09. The zero-order valence-corrected chi connectivity index (χ0v) is 26.4. The number of hydrogen-bond acceptors (Lipinski definition) is 8. The van der Waals surface area contributed by atoms with E-state index in [2.05, 4.69) is 15.3 Å². The van der Waals surface area contributed by atoms with E-state index in [9.17, 15) is 19.5 Å². The predicted molar refractivity (Wildman–Crippen MR) is 170 cm³/mol. The summed E-state index contributed by atoms with van der Waals surface area (Å²) < 4.78 is 12.6. The molecule has 3 aromatic rings. The maximum atomic E-state index is 14.3. The number of nitrogens with zero attached hydrogens (tertiary/aromatic N) is 4. The van der Waals surface area contributed by atoms with Gasteiger partial charge in [0.2, 0.25) is 0 Å². The molecule has 1 aromatic carbocycles. The lowest BCUT2D eigenvalue weighted by atomic mass is 10.0. The van der Waals surface area contributed by atoms with Crippen LogP contribution in [0.15, 0.2) is 67.3 Å². The molecule has 1 aliphatic rings. The molecule has 0 spiro atoms. The lowest BCUT2D eigenvalue weighted by Crippen LogP contribution is -2.48. The average molecular weight is 618 g/mol. The monoisotopic (exact) mass is 617 g/mol. The van der Waals surface area contributed by atoms with E-state index in [1.54, 1.807) is 78.6 Å². The van der Waals surface area contributed by atoms with Gasteiger partial charge >= 0.3 is 0 Å². The molecule has 240 valence electrons. The van der Waals surface area contributed by atoms with Crippen molar-refractivity contribution in [3.63, 3.8) is 0 Å². The molecule has 0 saturated heterocycles. The number of likely N-dealkylation sites (N-methyl/N-ethyl adjacent to an activating group) is 1. The van der Waals surface area contributed by atoms with E-state index < -0.39 is 6.04 Å².